The van der Waals surface area contributed by atoms with Gasteiger partial charge in [0.1, 0.15) is 0 Å². The van der Waals surface area contributed by atoms with Gasteiger partial charge in [-0.05, 0) is 57.5 Å². The number of likely N-dealkylation sites (N-methyl/N-ethyl adjacent to an activating group) is 1. The lowest BCUT2D eigenvalue weighted by molar-refractivity contribution is 0.101. The average Bonchev–Trinajstić information content (AvgIpc) is 2.92. The van der Waals surface area contributed by atoms with Crippen LogP contribution < -0.4 is 9.47 Å². The first-order valence-corrected chi connectivity index (χ1v) is 8.19. The van der Waals surface area contributed by atoms with Crippen molar-refractivity contribution in [2.24, 2.45) is 0 Å². The van der Waals surface area contributed by atoms with Crippen LogP contribution in [0.3, 0.4) is 0 Å². The van der Waals surface area contributed by atoms with E-state index in [0.29, 0.717) is 23.1 Å². The van der Waals surface area contributed by atoms with E-state index in [9.17, 15) is 4.79 Å². The van der Waals surface area contributed by atoms with Gasteiger partial charge in [0.05, 0.1) is 19.8 Å². The van der Waals surface area contributed by atoms with Gasteiger partial charge in [0.25, 0.3) is 0 Å². The fourth-order valence-corrected chi connectivity index (χ4v) is 4.22. The number of methoxy groups -OCH3 is 2. The molecule has 0 amide bonds. The maximum Gasteiger partial charge on any atom is 0.171 e. The van der Waals surface area contributed by atoms with Crippen LogP contribution in [0.25, 0.3) is 0 Å². The molecule has 1 unspecified atom stereocenters. The molecule has 1 fully saturated rings. The number of carbonyl (C=O) groups excluding carboxylic acids is 1. The van der Waals surface area contributed by atoms with Crippen molar-refractivity contribution in [3.05, 3.63) is 35.4 Å². The third-order valence-corrected chi connectivity index (χ3v) is 5.42. The minimum absolute atomic E-state index is 0.00101. The van der Waals surface area contributed by atoms with Crippen molar-refractivity contribution in [1.82, 2.24) is 4.90 Å². The molecule has 0 saturated carbocycles. The number of Topliss-reactive ketones (excluding diaryl/α,β-unsaturated/α-hetero) is 1. The molecule has 1 saturated heterocycles. The van der Waals surface area contributed by atoms with E-state index in [4.69, 9.17) is 9.47 Å². The van der Waals surface area contributed by atoms with Crippen LogP contribution in [-0.2, 0) is 5.41 Å². The monoisotopic (exact) mass is 315 g/mol. The van der Waals surface area contributed by atoms with Crippen molar-refractivity contribution in [3.63, 3.8) is 0 Å². The van der Waals surface area contributed by atoms with Crippen molar-refractivity contribution in [3.8, 4) is 11.5 Å². The molecule has 23 heavy (non-hydrogen) atoms. The fraction of sp³-hybridized carbons (Fsp3) is 0.526. The Morgan fingerprint density at radius 2 is 2.09 bits per heavy atom. The molecular weight excluding hydrogens is 290 g/mol. The summed E-state index contributed by atoms with van der Waals surface area (Å²) in [4.78, 5) is 14.6. The topological polar surface area (TPSA) is 38.8 Å². The van der Waals surface area contributed by atoms with Crippen LogP contribution in [0.1, 0.15) is 42.1 Å². The lowest BCUT2D eigenvalue weighted by Gasteiger charge is -2.38. The third kappa shape index (κ3) is 2.45. The highest BCUT2D eigenvalue weighted by molar-refractivity contribution is 5.98. The molecule has 4 nitrogen and oxygen atoms in total. The summed E-state index contributed by atoms with van der Waals surface area (Å²) in [5, 5.41) is 0. The normalized spacial score (nSPS) is 26.9. The Kier molecular flexibility index (Phi) is 4.19. The van der Waals surface area contributed by atoms with E-state index in [2.05, 4.69) is 24.1 Å². The van der Waals surface area contributed by atoms with Gasteiger partial charge in [0, 0.05) is 11.5 Å². The van der Waals surface area contributed by atoms with Gasteiger partial charge in [-0.25, -0.2) is 0 Å². The summed E-state index contributed by atoms with van der Waals surface area (Å²) in [6.07, 6.45) is 7.95. The summed E-state index contributed by atoms with van der Waals surface area (Å²) >= 11 is 0. The molecule has 1 heterocycles. The maximum absolute atomic E-state index is 12.1. The van der Waals surface area contributed by atoms with E-state index in [1.165, 1.54) is 0 Å². The number of carbonyl (C=O) groups is 1. The molecule has 1 aromatic rings. The first-order valence-electron chi connectivity index (χ1n) is 8.19. The number of nitrogens with zero attached hydrogens (tertiary/aromatic N) is 1. The van der Waals surface area contributed by atoms with Crippen molar-refractivity contribution < 1.29 is 14.3 Å². The van der Waals surface area contributed by atoms with Crippen LogP contribution in [0.4, 0.5) is 0 Å². The van der Waals surface area contributed by atoms with E-state index in [1.54, 1.807) is 21.1 Å². The van der Waals surface area contributed by atoms with E-state index >= 15 is 0 Å². The van der Waals surface area contributed by atoms with Gasteiger partial charge in [0.15, 0.2) is 17.3 Å². The molecule has 4 heteroatoms. The number of fused-ring (bicyclic) bond motifs is 1. The molecule has 2 aliphatic rings. The number of ketones is 1. The zero-order valence-electron chi connectivity index (χ0n) is 14.4. The number of benzene rings is 1. The largest absolute Gasteiger partial charge is 0.493 e. The van der Waals surface area contributed by atoms with Crippen molar-refractivity contribution in [1.29, 1.82) is 0 Å². The highest BCUT2D eigenvalue weighted by atomic mass is 16.5. The molecule has 3 rings (SSSR count). The van der Waals surface area contributed by atoms with Crippen LogP contribution in [0, 0.1) is 0 Å². The molecule has 2 atom stereocenters. The van der Waals surface area contributed by atoms with E-state index < -0.39 is 0 Å². The Morgan fingerprint density at radius 3 is 2.74 bits per heavy atom. The molecule has 1 aliphatic carbocycles. The zero-order valence-corrected chi connectivity index (χ0v) is 14.4. The van der Waals surface area contributed by atoms with E-state index in [-0.39, 0.29) is 11.2 Å². The van der Waals surface area contributed by atoms with Crippen molar-refractivity contribution in [2.75, 3.05) is 27.8 Å². The second kappa shape index (κ2) is 6.00. The average molecular weight is 315 g/mol. The molecule has 0 spiro atoms. The number of hydrogen-bond acceptors (Lipinski definition) is 4. The number of ether oxygens (including phenoxy) is 2. The van der Waals surface area contributed by atoms with Gasteiger partial charge in [-0.15, -0.1) is 0 Å². The second-order valence-corrected chi connectivity index (χ2v) is 6.58. The summed E-state index contributed by atoms with van der Waals surface area (Å²) in [5.41, 5.74) is 1.73. The summed E-state index contributed by atoms with van der Waals surface area (Å²) in [6.45, 7) is 2.65. The highest BCUT2D eigenvalue weighted by Crippen LogP contribution is 2.47. The predicted molar refractivity (Wildman–Crippen MR) is 90.6 cm³/mol. The van der Waals surface area contributed by atoms with Gasteiger partial charge in [0.2, 0.25) is 0 Å². The molecular formula is C19H25NO3. The SMILES string of the molecule is COc1cc([C@@]23C=CCCC2N(C)CC3)cc(C(C)=O)c1OC. The standard InChI is InChI=1S/C19H25NO3/c1-13(21)15-11-14(12-16(22-3)18(15)23-4)19-8-6-5-7-17(19)20(2)10-9-19/h6,8,11-12,17H,5,7,9-10H2,1-4H3/t17?,19-/m0/s1. The van der Waals surface area contributed by atoms with Gasteiger partial charge in [-0.2, -0.15) is 0 Å². The molecule has 0 aromatic heterocycles. The molecule has 0 radical (unpaired) electrons. The Balaban J connectivity index is 2.19. The van der Waals surface area contributed by atoms with Gasteiger partial charge < -0.3 is 14.4 Å². The number of hydrogen-bond donors (Lipinski definition) is 0. The van der Waals surface area contributed by atoms with Crippen molar-refractivity contribution >= 4 is 5.78 Å². The van der Waals surface area contributed by atoms with Crippen LogP contribution in [0.5, 0.6) is 11.5 Å². The zero-order chi connectivity index (χ0) is 16.6. The molecule has 0 N–H and O–H groups in total. The summed E-state index contributed by atoms with van der Waals surface area (Å²) < 4.78 is 10.9. The first kappa shape index (κ1) is 16.1. The predicted octanol–water partition coefficient (Wildman–Crippen LogP) is 3.20. The maximum atomic E-state index is 12.1. The summed E-state index contributed by atoms with van der Waals surface area (Å²) in [6, 6.07) is 4.53. The Morgan fingerprint density at radius 1 is 1.30 bits per heavy atom. The van der Waals surface area contributed by atoms with Gasteiger partial charge in [-0.3, -0.25) is 4.79 Å². The Bertz CT molecular complexity index is 652. The fourth-order valence-electron chi connectivity index (χ4n) is 4.22. The molecule has 1 aliphatic heterocycles. The van der Waals surface area contributed by atoms with Crippen molar-refractivity contribution in [2.45, 2.75) is 37.6 Å². The molecule has 0 bridgehead atoms. The Labute approximate surface area is 138 Å². The second-order valence-electron chi connectivity index (χ2n) is 6.58. The van der Waals surface area contributed by atoms with Crippen LogP contribution in [0.15, 0.2) is 24.3 Å². The van der Waals surface area contributed by atoms with E-state index in [1.807, 2.05) is 12.1 Å². The van der Waals surface area contributed by atoms with E-state index in [0.717, 1.165) is 31.4 Å². The van der Waals surface area contributed by atoms with Gasteiger partial charge >= 0.3 is 0 Å². The minimum Gasteiger partial charge on any atom is -0.493 e. The summed E-state index contributed by atoms with van der Waals surface area (Å²) in [7, 11) is 5.39. The third-order valence-electron chi connectivity index (χ3n) is 5.42. The first-order chi connectivity index (χ1) is 11.0. The lowest BCUT2D eigenvalue weighted by atomic mass is 9.69. The van der Waals surface area contributed by atoms with Gasteiger partial charge in [-0.1, -0.05) is 12.2 Å². The van der Waals surface area contributed by atoms with Crippen LogP contribution >= 0.6 is 0 Å². The highest BCUT2D eigenvalue weighted by Gasteiger charge is 2.46. The quantitative estimate of drug-likeness (QED) is 0.632. The molecule has 124 valence electrons. The summed E-state index contributed by atoms with van der Waals surface area (Å²) in [5.74, 6) is 1.17. The number of rotatable bonds is 4. The minimum atomic E-state index is -0.0310. The smallest absolute Gasteiger partial charge is 0.171 e. The Hall–Kier alpha value is -1.81. The van der Waals surface area contributed by atoms with Crippen LogP contribution in [0.2, 0.25) is 0 Å². The molecule has 1 aromatic carbocycles. The van der Waals surface area contributed by atoms with Crippen LogP contribution in [-0.4, -0.2) is 44.5 Å². The number of likely N-dealkylation sites (tertiary alicyclic amines) is 1. The lowest BCUT2D eigenvalue weighted by Crippen LogP contribution is -2.41. The number of allylic oxidation sites excluding steroid dienone is 1.